The lowest BCUT2D eigenvalue weighted by atomic mass is 10.2. The number of hydrogen-bond donors (Lipinski definition) is 2. The summed E-state index contributed by atoms with van der Waals surface area (Å²) in [5, 5.41) is 10.7. The maximum Gasteiger partial charge on any atom is 0.191 e. The Morgan fingerprint density at radius 1 is 1.21 bits per heavy atom. The molecule has 0 saturated carbocycles. The van der Waals surface area contributed by atoms with E-state index in [2.05, 4.69) is 25.7 Å². The molecule has 0 aliphatic heterocycles. The molecule has 2 aromatic heterocycles. The number of rotatable bonds is 7. The molecule has 7 nitrogen and oxygen atoms in total. The number of nitrogens with zero attached hydrogens (tertiary/aromatic N) is 4. The molecule has 146 valence electrons. The van der Waals surface area contributed by atoms with Crippen LogP contribution in [0.2, 0.25) is 0 Å². The zero-order chi connectivity index (χ0) is 19.8. The van der Waals surface area contributed by atoms with E-state index in [-0.39, 0.29) is 11.9 Å². The molecule has 0 saturated heterocycles. The van der Waals surface area contributed by atoms with Gasteiger partial charge in [0.15, 0.2) is 11.8 Å². The number of nitrogens with one attached hydrogen (secondary N) is 2. The fraction of sp³-hybridized carbons (Fsp3) is 0.250. The van der Waals surface area contributed by atoms with Crippen molar-refractivity contribution in [3.8, 4) is 11.6 Å². The van der Waals surface area contributed by atoms with Gasteiger partial charge in [-0.2, -0.15) is 5.10 Å². The van der Waals surface area contributed by atoms with E-state index in [1.165, 1.54) is 12.1 Å². The summed E-state index contributed by atoms with van der Waals surface area (Å²) < 4.78 is 20.4. The summed E-state index contributed by atoms with van der Waals surface area (Å²) in [6.45, 7) is 3.07. The Labute approximate surface area is 163 Å². The number of halogens is 1. The van der Waals surface area contributed by atoms with Crippen molar-refractivity contribution < 1.29 is 9.13 Å². The fourth-order valence-corrected chi connectivity index (χ4v) is 2.53. The normalized spacial score (nSPS) is 12.5. The first-order valence-corrected chi connectivity index (χ1v) is 8.96. The van der Waals surface area contributed by atoms with Crippen LogP contribution in [0.5, 0.6) is 5.75 Å². The maximum atomic E-state index is 13.0. The van der Waals surface area contributed by atoms with Crippen LogP contribution in [-0.4, -0.2) is 40.4 Å². The van der Waals surface area contributed by atoms with Crippen molar-refractivity contribution in [3.63, 3.8) is 0 Å². The molecule has 0 fully saturated rings. The van der Waals surface area contributed by atoms with Gasteiger partial charge in [0.05, 0.1) is 6.54 Å². The molecule has 0 aliphatic rings. The Bertz CT molecular complexity index is 895. The number of benzene rings is 1. The summed E-state index contributed by atoms with van der Waals surface area (Å²) in [4.78, 5) is 8.54. The smallest absolute Gasteiger partial charge is 0.191 e. The highest BCUT2D eigenvalue weighted by Gasteiger charge is 2.07. The molecule has 1 aromatic carbocycles. The van der Waals surface area contributed by atoms with Gasteiger partial charge in [-0.05, 0) is 55.0 Å². The predicted molar refractivity (Wildman–Crippen MR) is 106 cm³/mol. The van der Waals surface area contributed by atoms with Crippen LogP contribution in [0.25, 0.3) is 5.82 Å². The molecule has 2 heterocycles. The average molecular weight is 382 g/mol. The van der Waals surface area contributed by atoms with E-state index >= 15 is 0 Å². The number of guanidine groups is 1. The van der Waals surface area contributed by atoms with Gasteiger partial charge in [0, 0.05) is 32.2 Å². The first kappa shape index (κ1) is 19.3. The van der Waals surface area contributed by atoms with Crippen LogP contribution < -0.4 is 15.4 Å². The van der Waals surface area contributed by atoms with E-state index in [9.17, 15) is 4.39 Å². The molecule has 2 N–H and O–H groups in total. The monoisotopic (exact) mass is 382 g/mol. The molecule has 1 atom stereocenters. The van der Waals surface area contributed by atoms with Gasteiger partial charge in [-0.25, -0.2) is 14.1 Å². The largest absolute Gasteiger partial charge is 0.489 e. The number of ether oxygens (including phenoxy) is 1. The SMILES string of the molecule is CN=C(NCc1ccnc(-n2cccn2)c1)NCC(C)Oc1ccc(F)cc1. The van der Waals surface area contributed by atoms with E-state index in [4.69, 9.17) is 4.74 Å². The summed E-state index contributed by atoms with van der Waals surface area (Å²) in [7, 11) is 1.71. The van der Waals surface area contributed by atoms with Crippen molar-refractivity contribution >= 4 is 5.96 Å². The van der Waals surface area contributed by atoms with Crippen LogP contribution >= 0.6 is 0 Å². The van der Waals surface area contributed by atoms with Gasteiger partial charge in [-0.3, -0.25) is 4.99 Å². The molecule has 3 rings (SSSR count). The molecule has 28 heavy (non-hydrogen) atoms. The molecule has 0 spiro atoms. The molecule has 0 radical (unpaired) electrons. The molecular weight excluding hydrogens is 359 g/mol. The Balaban J connectivity index is 1.48. The van der Waals surface area contributed by atoms with Crippen LogP contribution in [0.1, 0.15) is 12.5 Å². The highest BCUT2D eigenvalue weighted by atomic mass is 19.1. The topological polar surface area (TPSA) is 76.4 Å². The van der Waals surface area contributed by atoms with Gasteiger partial charge in [-0.15, -0.1) is 0 Å². The van der Waals surface area contributed by atoms with Crippen LogP contribution in [-0.2, 0) is 6.54 Å². The minimum absolute atomic E-state index is 0.114. The standard InChI is InChI=1S/C20H23FN6O/c1-15(28-18-6-4-17(21)5-7-18)13-24-20(22-2)25-14-16-8-10-23-19(12-16)27-11-3-9-26-27/h3-12,15H,13-14H2,1-2H3,(H2,22,24,25). The Hall–Kier alpha value is -3.42. The van der Waals surface area contributed by atoms with E-state index in [1.807, 2.05) is 31.3 Å². The van der Waals surface area contributed by atoms with E-state index in [0.717, 1.165) is 11.4 Å². The minimum atomic E-state index is -0.283. The summed E-state index contributed by atoms with van der Waals surface area (Å²) in [6.07, 6.45) is 5.20. The third kappa shape index (κ3) is 5.54. The van der Waals surface area contributed by atoms with Crippen LogP contribution in [0.4, 0.5) is 4.39 Å². The highest BCUT2D eigenvalue weighted by molar-refractivity contribution is 5.79. The molecular formula is C20H23FN6O. The van der Waals surface area contributed by atoms with Crippen molar-refractivity contribution in [3.05, 3.63) is 72.4 Å². The lowest BCUT2D eigenvalue weighted by molar-refractivity contribution is 0.223. The summed E-state index contributed by atoms with van der Waals surface area (Å²) in [5.74, 6) is 1.76. The van der Waals surface area contributed by atoms with Gasteiger partial charge >= 0.3 is 0 Å². The number of hydrogen-bond acceptors (Lipinski definition) is 4. The molecule has 1 unspecified atom stereocenters. The van der Waals surface area contributed by atoms with Crippen molar-refractivity contribution in [1.29, 1.82) is 0 Å². The Kier molecular flexibility index (Phi) is 6.56. The lowest BCUT2D eigenvalue weighted by Crippen LogP contribution is -2.41. The van der Waals surface area contributed by atoms with Crippen LogP contribution in [0.3, 0.4) is 0 Å². The number of aromatic nitrogens is 3. The first-order valence-electron chi connectivity index (χ1n) is 8.96. The van der Waals surface area contributed by atoms with Crippen molar-refractivity contribution in [2.45, 2.75) is 19.6 Å². The van der Waals surface area contributed by atoms with Crippen molar-refractivity contribution in [2.75, 3.05) is 13.6 Å². The second-order valence-corrected chi connectivity index (χ2v) is 6.16. The van der Waals surface area contributed by atoms with Gasteiger partial charge in [0.25, 0.3) is 0 Å². The lowest BCUT2D eigenvalue weighted by Gasteiger charge is -2.18. The van der Waals surface area contributed by atoms with E-state index in [0.29, 0.717) is 24.8 Å². The average Bonchev–Trinajstić information content (AvgIpc) is 3.25. The predicted octanol–water partition coefficient (Wildman–Crippen LogP) is 2.54. The van der Waals surface area contributed by atoms with E-state index < -0.39 is 0 Å². The second kappa shape index (κ2) is 9.50. The van der Waals surface area contributed by atoms with Gasteiger partial charge in [0.2, 0.25) is 0 Å². The third-order valence-electron chi connectivity index (χ3n) is 3.94. The zero-order valence-electron chi connectivity index (χ0n) is 15.8. The van der Waals surface area contributed by atoms with Crippen molar-refractivity contribution in [2.24, 2.45) is 4.99 Å². The van der Waals surface area contributed by atoms with E-state index in [1.54, 1.807) is 36.3 Å². The second-order valence-electron chi connectivity index (χ2n) is 6.16. The zero-order valence-corrected chi connectivity index (χ0v) is 15.8. The fourth-order valence-electron chi connectivity index (χ4n) is 2.53. The maximum absolute atomic E-state index is 13.0. The number of pyridine rings is 1. The van der Waals surface area contributed by atoms with Crippen molar-refractivity contribution in [1.82, 2.24) is 25.4 Å². The molecule has 0 aliphatic carbocycles. The number of aliphatic imine (C=N–C) groups is 1. The molecule has 0 amide bonds. The van der Waals surface area contributed by atoms with Crippen LogP contribution in [0.15, 0.2) is 66.0 Å². The summed E-state index contributed by atoms with van der Waals surface area (Å²) >= 11 is 0. The van der Waals surface area contributed by atoms with Crippen LogP contribution in [0, 0.1) is 5.82 Å². The van der Waals surface area contributed by atoms with Gasteiger partial charge in [-0.1, -0.05) is 0 Å². The first-order chi connectivity index (χ1) is 13.6. The Morgan fingerprint density at radius 2 is 2.04 bits per heavy atom. The van der Waals surface area contributed by atoms with Gasteiger partial charge in [0.1, 0.15) is 17.7 Å². The quantitative estimate of drug-likeness (QED) is 0.485. The summed E-state index contributed by atoms with van der Waals surface area (Å²) in [6, 6.07) is 11.7. The third-order valence-corrected chi connectivity index (χ3v) is 3.94. The molecule has 0 bridgehead atoms. The molecule has 8 heteroatoms. The minimum Gasteiger partial charge on any atom is -0.489 e. The van der Waals surface area contributed by atoms with Gasteiger partial charge < -0.3 is 15.4 Å². The Morgan fingerprint density at radius 3 is 2.75 bits per heavy atom. The summed E-state index contributed by atoms with van der Waals surface area (Å²) in [5.41, 5.74) is 1.05. The molecule has 3 aromatic rings. The highest BCUT2D eigenvalue weighted by Crippen LogP contribution is 2.12.